The summed E-state index contributed by atoms with van der Waals surface area (Å²) >= 11 is 0. The summed E-state index contributed by atoms with van der Waals surface area (Å²) in [6.45, 7) is 8.49. The highest BCUT2D eigenvalue weighted by Gasteiger charge is 2.17. The Kier molecular flexibility index (Phi) is 5.73. The Morgan fingerprint density at radius 3 is 2.61 bits per heavy atom. The van der Waals surface area contributed by atoms with E-state index in [4.69, 9.17) is 4.74 Å². The fourth-order valence-electron chi connectivity index (χ4n) is 3.52. The van der Waals surface area contributed by atoms with Crippen LogP contribution in [0.15, 0.2) is 18.3 Å². The van der Waals surface area contributed by atoms with Crippen LogP contribution in [0.5, 0.6) is 0 Å². The molecular formula is C18H30N4O. The lowest BCUT2D eigenvalue weighted by Gasteiger charge is -2.33. The van der Waals surface area contributed by atoms with E-state index in [1.807, 2.05) is 6.20 Å². The number of anilines is 2. The second-order valence-electron chi connectivity index (χ2n) is 7.03. The van der Waals surface area contributed by atoms with Crippen molar-refractivity contribution in [2.24, 2.45) is 5.92 Å². The van der Waals surface area contributed by atoms with Gasteiger partial charge in [-0.15, -0.1) is 0 Å². The second kappa shape index (κ2) is 7.97. The number of ether oxygens (including phenoxy) is 1. The van der Waals surface area contributed by atoms with Gasteiger partial charge in [0.15, 0.2) is 0 Å². The van der Waals surface area contributed by atoms with Gasteiger partial charge in [0.05, 0.1) is 11.9 Å². The molecule has 0 spiro atoms. The van der Waals surface area contributed by atoms with Gasteiger partial charge in [0.1, 0.15) is 5.82 Å². The molecule has 0 aliphatic carbocycles. The van der Waals surface area contributed by atoms with E-state index in [9.17, 15) is 0 Å². The maximum Gasteiger partial charge on any atom is 0.128 e. The molecule has 128 valence electrons. The van der Waals surface area contributed by atoms with Crippen molar-refractivity contribution in [3.8, 4) is 0 Å². The molecule has 1 aromatic heterocycles. The van der Waals surface area contributed by atoms with Gasteiger partial charge >= 0.3 is 0 Å². The Morgan fingerprint density at radius 1 is 1.22 bits per heavy atom. The number of rotatable bonds is 5. The molecule has 2 saturated heterocycles. The minimum atomic E-state index is 0.481. The average molecular weight is 318 g/mol. The van der Waals surface area contributed by atoms with Crippen molar-refractivity contribution in [1.82, 2.24) is 9.88 Å². The lowest BCUT2D eigenvalue weighted by molar-refractivity contribution is 0.0629. The van der Waals surface area contributed by atoms with Crippen molar-refractivity contribution in [3.05, 3.63) is 18.3 Å². The van der Waals surface area contributed by atoms with E-state index in [1.165, 1.54) is 19.3 Å². The maximum atomic E-state index is 5.44. The van der Waals surface area contributed by atoms with Crippen molar-refractivity contribution in [1.29, 1.82) is 0 Å². The van der Waals surface area contributed by atoms with Crippen LogP contribution in [-0.4, -0.2) is 62.4 Å². The van der Waals surface area contributed by atoms with E-state index in [2.05, 4.69) is 46.2 Å². The van der Waals surface area contributed by atoms with Crippen LogP contribution in [-0.2, 0) is 4.74 Å². The third-order valence-electron chi connectivity index (χ3n) is 5.02. The number of nitrogens with one attached hydrogen (secondary N) is 1. The van der Waals surface area contributed by atoms with Gasteiger partial charge in [-0.25, -0.2) is 4.98 Å². The maximum absolute atomic E-state index is 5.44. The van der Waals surface area contributed by atoms with Crippen LogP contribution in [0.4, 0.5) is 11.5 Å². The Bertz CT molecular complexity index is 464. The molecule has 3 rings (SSSR count). The molecule has 1 N–H and O–H groups in total. The highest BCUT2D eigenvalue weighted by atomic mass is 16.5. The Labute approximate surface area is 140 Å². The third kappa shape index (κ3) is 4.82. The van der Waals surface area contributed by atoms with Crippen LogP contribution in [0, 0.1) is 5.92 Å². The van der Waals surface area contributed by atoms with Gasteiger partial charge in [0.2, 0.25) is 0 Å². The van der Waals surface area contributed by atoms with Crippen LogP contribution < -0.4 is 10.2 Å². The first kappa shape index (κ1) is 16.5. The first-order chi connectivity index (χ1) is 11.2. The number of likely N-dealkylation sites (N-methyl/N-ethyl adjacent to an activating group) is 1. The number of hydrogen-bond acceptors (Lipinski definition) is 5. The Morgan fingerprint density at radius 2 is 1.96 bits per heavy atom. The number of piperazine rings is 1. The lowest BCUT2D eigenvalue weighted by atomic mass is 9.93. The fraction of sp³-hybridized carbons (Fsp3) is 0.722. The monoisotopic (exact) mass is 318 g/mol. The van der Waals surface area contributed by atoms with Crippen LogP contribution >= 0.6 is 0 Å². The summed E-state index contributed by atoms with van der Waals surface area (Å²) in [5.41, 5.74) is 1.13. The molecule has 5 heteroatoms. The Hall–Kier alpha value is -1.33. The fourth-order valence-corrected chi connectivity index (χ4v) is 3.52. The predicted molar refractivity (Wildman–Crippen MR) is 95.2 cm³/mol. The summed E-state index contributed by atoms with van der Waals surface area (Å²) in [6.07, 6.45) is 5.59. The molecule has 1 atom stereocenters. The molecule has 0 amide bonds. The molecule has 2 aliphatic rings. The quantitative estimate of drug-likeness (QED) is 0.903. The molecule has 2 fully saturated rings. The summed E-state index contributed by atoms with van der Waals surface area (Å²) in [5, 5.41) is 3.60. The number of pyridine rings is 1. The van der Waals surface area contributed by atoms with Crippen molar-refractivity contribution >= 4 is 11.5 Å². The van der Waals surface area contributed by atoms with Gasteiger partial charge in [0, 0.05) is 45.4 Å². The number of aromatic nitrogens is 1. The molecule has 0 radical (unpaired) electrons. The largest absolute Gasteiger partial charge is 0.381 e. The van der Waals surface area contributed by atoms with E-state index in [1.54, 1.807) is 0 Å². The predicted octanol–water partition coefficient (Wildman–Crippen LogP) is 2.45. The normalized spacial score (nSPS) is 22.1. The highest BCUT2D eigenvalue weighted by molar-refractivity contribution is 5.49. The van der Waals surface area contributed by atoms with Crippen LogP contribution in [0.2, 0.25) is 0 Å². The van der Waals surface area contributed by atoms with Crippen molar-refractivity contribution in [2.75, 3.05) is 56.7 Å². The highest BCUT2D eigenvalue weighted by Crippen LogP contribution is 2.22. The van der Waals surface area contributed by atoms with Gasteiger partial charge in [-0.1, -0.05) is 0 Å². The van der Waals surface area contributed by atoms with Gasteiger partial charge in [0.25, 0.3) is 0 Å². The standard InChI is InChI=1S/C18H30N4O/c1-15(13-16-5-11-23-12-6-16)20-17-3-4-18(19-14-17)22-9-7-21(2)8-10-22/h3-4,14-16,20H,5-13H2,1-2H3/t15-/m0/s1. The molecule has 0 unspecified atom stereocenters. The topological polar surface area (TPSA) is 40.6 Å². The zero-order chi connectivity index (χ0) is 16.1. The summed E-state index contributed by atoms with van der Waals surface area (Å²) in [4.78, 5) is 9.39. The second-order valence-corrected chi connectivity index (χ2v) is 7.03. The molecule has 1 aromatic rings. The average Bonchev–Trinajstić information content (AvgIpc) is 2.57. The zero-order valence-corrected chi connectivity index (χ0v) is 14.5. The summed E-state index contributed by atoms with van der Waals surface area (Å²) in [5.74, 6) is 1.89. The zero-order valence-electron chi connectivity index (χ0n) is 14.5. The van der Waals surface area contributed by atoms with Crippen LogP contribution in [0.3, 0.4) is 0 Å². The minimum absolute atomic E-state index is 0.481. The molecule has 5 nitrogen and oxygen atoms in total. The summed E-state index contributed by atoms with van der Waals surface area (Å²) in [7, 11) is 2.18. The van der Waals surface area contributed by atoms with E-state index in [-0.39, 0.29) is 0 Å². The number of hydrogen-bond donors (Lipinski definition) is 1. The molecule has 0 aromatic carbocycles. The number of nitrogens with zero attached hydrogens (tertiary/aromatic N) is 3. The van der Waals surface area contributed by atoms with Gasteiger partial charge in [-0.05, 0) is 51.3 Å². The molecular weight excluding hydrogens is 288 g/mol. The van der Waals surface area contributed by atoms with Crippen LogP contribution in [0.25, 0.3) is 0 Å². The van der Waals surface area contributed by atoms with Crippen molar-refractivity contribution < 1.29 is 4.74 Å². The summed E-state index contributed by atoms with van der Waals surface area (Å²) in [6, 6.07) is 4.80. The SMILES string of the molecule is C[C@@H](CC1CCOCC1)Nc1ccc(N2CCN(C)CC2)nc1. The van der Waals surface area contributed by atoms with Gasteiger partial charge in [-0.2, -0.15) is 0 Å². The van der Waals surface area contributed by atoms with Gasteiger partial charge < -0.3 is 19.9 Å². The molecule has 0 bridgehead atoms. The molecule has 2 aliphatic heterocycles. The summed E-state index contributed by atoms with van der Waals surface area (Å²) < 4.78 is 5.44. The first-order valence-corrected chi connectivity index (χ1v) is 8.94. The van der Waals surface area contributed by atoms with E-state index in [0.717, 1.165) is 56.8 Å². The van der Waals surface area contributed by atoms with Gasteiger partial charge in [-0.3, -0.25) is 0 Å². The van der Waals surface area contributed by atoms with Crippen molar-refractivity contribution in [2.45, 2.75) is 32.2 Å². The third-order valence-corrected chi connectivity index (χ3v) is 5.02. The molecule has 0 saturated carbocycles. The first-order valence-electron chi connectivity index (χ1n) is 8.94. The van der Waals surface area contributed by atoms with Crippen LogP contribution in [0.1, 0.15) is 26.2 Å². The van der Waals surface area contributed by atoms with Crippen molar-refractivity contribution in [3.63, 3.8) is 0 Å². The minimum Gasteiger partial charge on any atom is -0.381 e. The Balaban J connectivity index is 1.48. The lowest BCUT2D eigenvalue weighted by Crippen LogP contribution is -2.44. The smallest absolute Gasteiger partial charge is 0.128 e. The molecule has 3 heterocycles. The van der Waals surface area contributed by atoms with E-state index >= 15 is 0 Å². The van der Waals surface area contributed by atoms with E-state index in [0.29, 0.717) is 6.04 Å². The van der Waals surface area contributed by atoms with E-state index < -0.39 is 0 Å². The molecule has 23 heavy (non-hydrogen) atoms.